The maximum Gasteiger partial charge on any atom is 0.235 e. The van der Waals surface area contributed by atoms with Crippen LogP contribution in [0.5, 0.6) is 11.5 Å². The molecule has 0 aliphatic heterocycles. The fourth-order valence-electron chi connectivity index (χ4n) is 1.96. The number of carbonyl (C=O) groups excluding carboxylic acids is 1. The number of aliphatic imine (C=N–C) groups is 1. The number of methoxy groups -OCH3 is 2. The molecule has 1 saturated carbocycles. The van der Waals surface area contributed by atoms with Gasteiger partial charge in [0.2, 0.25) is 11.9 Å². The van der Waals surface area contributed by atoms with Crippen LogP contribution in [0.25, 0.3) is 0 Å². The molecule has 1 aliphatic rings. The van der Waals surface area contributed by atoms with Crippen LogP contribution >= 0.6 is 15.9 Å². The Bertz CT molecular complexity index is 537. The summed E-state index contributed by atoms with van der Waals surface area (Å²) in [6.45, 7) is 0. The zero-order chi connectivity index (χ0) is 13.3. The number of benzene rings is 1. The molecule has 1 aromatic rings. The molecule has 0 N–H and O–H groups in total. The third-order valence-corrected chi connectivity index (χ3v) is 3.61. The predicted octanol–water partition coefficient (Wildman–Crippen LogP) is 2.93. The summed E-state index contributed by atoms with van der Waals surface area (Å²) in [5.41, 5.74) is -0.151. The molecule has 96 valence electrons. The van der Waals surface area contributed by atoms with Gasteiger partial charge in [-0.3, -0.25) is 0 Å². The fourth-order valence-corrected chi connectivity index (χ4v) is 2.53. The number of halogens is 2. The van der Waals surface area contributed by atoms with Gasteiger partial charge in [-0.25, -0.2) is 4.79 Å². The Labute approximate surface area is 112 Å². The summed E-state index contributed by atoms with van der Waals surface area (Å²) in [6, 6.07) is 1.68. The standard InChI is InChI=1S/C12H11BrFNO3/c1-17-10-7(12(3-4-12)15-6-16)5-8(13)11(18-2)9(10)14/h5H,3-4H2,1-2H3. The molecular weight excluding hydrogens is 305 g/mol. The van der Waals surface area contributed by atoms with Gasteiger partial charge < -0.3 is 9.47 Å². The second-order valence-corrected chi connectivity index (χ2v) is 4.88. The van der Waals surface area contributed by atoms with E-state index >= 15 is 0 Å². The number of nitrogens with zero attached hydrogens (tertiary/aromatic N) is 1. The smallest absolute Gasteiger partial charge is 0.235 e. The van der Waals surface area contributed by atoms with E-state index < -0.39 is 11.4 Å². The number of isocyanates is 1. The van der Waals surface area contributed by atoms with E-state index in [4.69, 9.17) is 9.47 Å². The van der Waals surface area contributed by atoms with Crippen molar-refractivity contribution < 1.29 is 18.7 Å². The first-order valence-electron chi connectivity index (χ1n) is 5.29. The number of rotatable bonds is 4. The average Bonchev–Trinajstić information content (AvgIpc) is 3.10. The molecule has 0 saturated heterocycles. The van der Waals surface area contributed by atoms with Crippen LogP contribution in [0.1, 0.15) is 18.4 Å². The first-order valence-corrected chi connectivity index (χ1v) is 6.08. The molecular formula is C12H11BrFNO3. The topological polar surface area (TPSA) is 47.9 Å². The molecule has 1 fully saturated rings. The highest BCUT2D eigenvalue weighted by molar-refractivity contribution is 9.10. The van der Waals surface area contributed by atoms with Crippen molar-refractivity contribution >= 4 is 22.0 Å². The van der Waals surface area contributed by atoms with E-state index in [2.05, 4.69) is 20.9 Å². The summed E-state index contributed by atoms with van der Waals surface area (Å²) >= 11 is 3.23. The van der Waals surface area contributed by atoms with Crippen molar-refractivity contribution in [3.05, 3.63) is 21.9 Å². The summed E-state index contributed by atoms with van der Waals surface area (Å²) in [4.78, 5) is 14.2. The normalized spacial score (nSPS) is 15.8. The Balaban J connectivity index is 2.65. The summed E-state index contributed by atoms with van der Waals surface area (Å²) in [5, 5.41) is 0. The van der Waals surface area contributed by atoms with E-state index in [1.165, 1.54) is 20.3 Å². The number of hydrogen-bond acceptors (Lipinski definition) is 4. The maximum atomic E-state index is 14.2. The van der Waals surface area contributed by atoms with E-state index in [1.54, 1.807) is 6.07 Å². The molecule has 0 bridgehead atoms. The fraction of sp³-hybridized carbons (Fsp3) is 0.417. The highest BCUT2D eigenvalue weighted by atomic mass is 79.9. The van der Waals surface area contributed by atoms with E-state index in [0.29, 0.717) is 22.9 Å². The highest BCUT2D eigenvalue weighted by Gasteiger charge is 2.48. The first-order chi connectivity index (χ1) is 8.59. The lowest BCUT2D eigenvalue weighted by Crippen LogP contribution is -2.08. The molecule has 0 atom stereocenters. The summed E-state index contributed by atoms with van der Waals surface area (Å²) in [6.07, 6.45) is 2.89. The average molecular weight is 316 g/mol. The minimum Gasteiger partial charge on any atom is -0.493 e. The molecule has 6 heteroatoms. The van der Waals surface area contributed by atoms with E-state index in [0.717, 1.165) is 0 Å². The van der Waals surface area contributed by atoms with Gasteiger partial charge in [0.15, 0.2) is 11.5 Å². The number of ether oxygens (including phenoxy) is 2. The lowest BCUT2D eigenvalue weighted by Gasteiger charge is -2.17. The minimum absolute atomic E-state index is 0.0616. The van der Waals surface area contributed by atoms with Gasteiger partial charge in [-0.2, -0.15) is 9.38 Å². The van der Waals surface area contributed by atoms with Crippen molar-refractivity contribution in [1.29, 1.82) is 0 Å². The summed E-state index contributed by atoms with van der Waals surface area (Å²) in [5.74, 6) is -0.468. The Morgan fingerprint density at radius 1 is 1.39 bits per heavy atom. The third-order valence-electron chi connectivity index (χ3n) is 3.02. The van der Waals surface area contributed by atoms with Gasteiger partial charge in [-0.1, -0.05) is 0 Å². The molecule has 0 spiro atoms. The lowest BCUT2D eigenvalue weighted by molar-refractivity contribution is 0.343. The van der Waals surface area contributed by atoms with Crippen molar-refractivity contribution in [2.24, 2.45) is 4.99 Å². The summed E-state index contributed by atoms with van der Waals surface area (Å²) < 4.78 is 24.7. The van der Waals surface area contributed by atoms with E-state index in [-0.39, 0.29) is 11.5 Å². The van der Waals surface area contributed by atoms with Crippen LogP contribution < -0.4 is 9.47 Å². The number of hydrogen-bond donors (Lipinski definition) is 0. The molecule has 0 unspecified atom stereocenters. The molecule has 2 rings (SSSR count). The zero-order valence-electron chi connectivity index (χ0n) is 9.92. The van der Waals surface area contributed by atoms with Crippen molar-refractivity contribution in [3.63, 3.8) is 0 Å². The molecule has 1 aliphatic carbocycles. The Morgan fingerprint density at radius 2 is 2.00 bits per heavy atom. The van der Waals surface area contributed by atoms with Crippen molar-refractivity contribution in [3.8, 4) is 11.5 Å². The van der Waals surface area contributed by atoms with E-state index in [1.807, 2.05) is 0 Å². The van der Waals surface area contributed by atoms with Crippen molar-refractivity contribution in [2.45, 2.75) is 18.4 Å². The first kappa shape index (κ1) is 13.1. The predicted molar refractivity (Wildman–Crippen MR) is 66.2 cm³/mol. The molecule has 0 radical (unpaired) electrons. The van der Waals surface area contributed by atoms with Gasteiger partial charge in [0.1, 0.15) is 5.54 Å². The Morgan fingerprint density at radius 3 is 2.44 bits per heavy atom. The lowest BCUT2D eigenvalue weighted by atomic mass is 10.0. The van der Waals surface area contributed by atoms with Crippen molar-refractivity contribution in [1.82, 2.24) is 0 Å². The quantitative estimate of drug-likeness (QED) is 0.634. The SMILES string of the molecule is COc1c(Br)cc(C2(N=C=O)CC2)c(OC)c1F. The molecule has 0 amide bonds. The van der Waals surface area contributed by atoms with Crippen LogP contribution in [0.3, 0.4) is 0 Å². The second kappa shape index (κ2) is 4.71. The molecule has 0 aromatic heterocycles. The van der Waals surface area contributed by atoms with Gasteiger partial charge in [-0.15, -0.1) is 0 Å². The van der Waals surface area contributed by atoms with Gasteiger partial charge in [0, 0.05) is 5.56 Å². The minimum atomic E-state index is -0.692. The molecule has 0 heterocycles. The highest BCUT2D eigenvalue weighted by Crippen LogP contribution is 2.54. The van der Waals surface area contributed by atoms with Crippen LogP contribution in [-0.4, -0.2) is 20.3 Å². The van der Waals surface area contributed by atoms with Crippen LogP contribution in [-0.2, 0) is 10.3 Å². The second-order valence-electron chi connectivity index (χ2n) is 4.02. The largest absolute Gasteiger partial charge is 0.493 e. The van der Waals surface area contributed by atoms with E-state index in [9.17, 15) is 9.18 Å². The Kier molecular flexibility index (Phi) is 3.41. The summed E-state index contributed by atoms with van der Waals surface area (Å²) in [7, 11) is 2.74. The Hall–Kier alpha value is -1.39. The van der Waals surface area contributed by atoms with Gasteiger partial charge in [0.05, 0.1) is 18.7 Å². The molecule has 1 aromatic carbocycles. The zero-order valence-corrected chi connectivity index (χ0v) is 11.5. The monoisotopic (exact) mass is 315 g/mol. The van der Waals surface area contributed by atoms with Gasteiger partial charge in [0.25, 0.3) is 0 Å². The maximum absolute atomic E-state index is 14.2. The van der Waals surface area contributed by atoms with Crippen LogP contribution in [0, 0.1) is 5.82 Å². The molecule has 4 nitrogen and oxygen atoms in total. The van der Waals surface area contributed by atoms with Crippen LogP contribution in [0.4, 0.5) is 4.39 Å². The van der Waals surface area contributed by atoms with Crippen LogP contribution in [0.2, 0.25) is 0 Å². The van der Waals surface area contributed by atoms with Gasteiger partial charge in [-0.05, 0) is 34.8 Å². The third kappa shape index (κ3) is 1.91. The molecule has 18 heavy (non-hydrogen) atoms. The van der Waals surface area contributed by atoms with Gasteiger partial charge >= 0.3 is 0 Å². The van der Waals surface area contributed by atoms with Crippen molar-refractivity contribution in [2.75, 3.05) is 14.2 Å². The van der Waals surface area contributed by atoms with Crippen LogP contribution in [0.15, 0.2) is 15.5 Å².